The first kappa shape index (κ1) is 53.7. The second-order valence-electron chi connectivity index (χ2n) is 14.2. The van der Waals surface area contributed by atoms with Gasteiger partial charge in [0.15, 0.2) is 16.6 Å². The summed E-state index contributed by atoms with van der Waals surface area (Å²) in [6.45, 7) is 41.7. The van der Waals surface area contributed by atoms with Gasteiger partial charge in [-0.1, -0.05) is 34.6 Å². The van der Waals surface area contributed by atoms with Gasteiger partial charge >= 0.3 is 35.0 Å². The Morgan fingerprint density at radius 2 is 0.826 bits per heavy atom. The summed E-state index contributed by atoms with van der Waals surface area (Å²) in [6.07, 6.45) is 0.892. The van der Waals surface area contributed by atoms with Crippen LogP contribution in [0.2, 0.25) is 70.0 Å². The molecule has 0 aliphatic rings. The molecule has 17 heteroatoms. The zero-order valence-corrected chi connectivity index (χ0v) is 39.7. The Morgan fingerprint density at radius 3 is 0.957 bits per heavy atom. The highest BCUT2D eigenvalue weighted by atomic mass is 28.5. The molecule has 0 fully saturated rings. The molecule has 46 heavy (non-hydrogen) atoms. The maximum Gasteiger partial charge on any atom is 0.658 e. The smallest absolute Gasteiger partial charge is 0.415 e. The molecule has 0 saturated carbocycles. The van der Waals surface area contributed by atoms with Crippen molar-refractivity contribution in [3.05, 3.63) is 0 Å². The highest BCUT2D eigenvalue weighted by Crippen LogP contribution is 2.33. The minimum absolute atomic E-state index is 0.00865. The molecule has 0 unspecified atom stereocenters. The number of aliphatic hydroxyl groups excluding tert-OH is 1. The lowest BCUT2D eigenvalue weighted by molar-refractivity contribution is -0.00517. The molecule has 0 atom stereocenters. The Labute approximate surface area is 291 Å². The summed E-state index contributed by atoms with van der Waals surface area (Å²) >= 11 is 0. The summed E-state index contributed by atoms with van der Waals surface area (Å²) in [7, 11) is -12.7. The van der Waals surface area contributed by atoms with E-state index in [4.69, 9.17) is 49.2 Å². The van der Waals surface area contributed by atoms with E-state index in [0.717, 1.165) is 6.42 Å². The largest absolute Gasteiger partial charge is 0.658 e. The van der Waals surface area contributed by atoms with Crippen LogP contribution in [0.5, 0.6) is 0 Å². The fourth-order valence-electron chi connectivity index (χ4n) is 2.90. The third-order valence-corrected chi connectivity index (χ3v) is 25.9. The Balaban J connectivity index is -0.000000314. The summed E-state index contributed by atoms with van der Waals surface area (Å²) in [5.74, 6) is 0. The summed E-state index contributed by atoms with van der Waals surface area (Å²) in [4.78, 5) is 18.3. The predicted octanol–water partition coefficient (Wildman–Crippen LogP) is 7.59. The Kier molecular flexibility index (Phi) is 29.1. The number of hydrogen-bond acceptors (Lipinski definition) is 11. The zero-order valence-electron chi connectivity index (χ0n) is 33.7. The monoisotopic (exact) mass is 770 g/mol. The SMILES string of the molecule is CC(C)O[Si](OC(C)C)(O[Si](C)(C)C(C)C)O[Si](C)(C)C(C)C.CCCO.CCO[Si](C)(OC)OCC.C[Si](C)(O)O[Si](C)(C)O. The molecule has 0 spiro atoms. The van der Waals surface area contributed by atoms with E-state index in [2.05, 4.69) is 53.9 Å². The van der Waals surface area contributed by atoms with Gasteiger partial charge in [0.25, 0.3) is 0 Å². The minimum Gasteiger partial charge on any atom is -0.415 e. The van der Waals surface area contributed by atoms with E-state index < -0.39 is 51.6 Å². The molecule has 0 saturated heterocycles. The predicted molar refractivity (Wildman–Crippen MR) is 205 cm³/mol. The van der Waals surface area contributed by atoms with E-state index in [1.807, 2.05) is 55.0 Å². The van der Waals surface area contributed by atoms with Gasteiger partial charge in [-0.3, -0.25) is 0 Å². The third-order valence-electron chi connectivity index (χ3n) is 6.22. The lowest BCUT2D eigenvalue weighted by Crippen LogP contribution is -2.63. The van der Waals surface area contributed by atoms with Gasteiger partial charge in [0.1, 0.15) is 0 Å². The van der Waals surface area contributed by atoms with Gasteiger partial charge < -0.3 is 49.2 Å². The van der Waals surface area contributed by atoms with Crippen LogP contribution in [0.3, 0.4) is 0 Å². The summed E-state index contributed by atoms with van der Waals surface area (Å²) in [5.41, 5.74) is 0.932. The van der Waals surface area contributed by atoms with Crippen LogP contribution in [0, 0.1) is 0 Å². The van der Waals surface area contributed by atoms with Gasteiger partial charge in [-0.05, 0) is 111 Å². The first-order valence-electron chi connectivity index (χ1n) is 16.8. The lowest BCUT2D eigenvalue weighted by Gasteiger charge is -2.43. The maximum atomic E-state index is 9.14. The normalized spacial score (nSPS) is 13.3. The van der Waals surface area contributed by atoms with Crippen LogP contribution in [0.25, 0.3) is 0 Å². The first-order chi connectivity index (χ1) is 20.4. The molecule has 0 heterocycles. The fraction of sp³-hybridized carbons (Fsp3) is 1.00. The summed E-state index contributed by atoms with van der Waals surface area (Å²) in [6, 6.07) is 0. The Bertz CT molecular complexity index is 675. The standard InChI is InChI=1S/C16H40O4Si3.C6H16O3Si.C4H14O3Si2.C3H8O/c1-13(2)17-23(18-14(3)4,19-21(9,10)15(5)6)20-22(11,12)16(7)8;1-5-8-10(4,7-3)9-6-2;1-8(2,5)7-9(3,4)6;1-2-3-4/h13-16H,1-12H3;5-6H2,1-4H3;5-6H,1-4H3;4H,2-3H2,1H3. The summed E-state index contributed by atoms with van der Waals surface area (Å²) in [5, 5.41) is 7.88. The molecule has 0 amide bonds. The topological polar surface area (TPSA) is 135 Å². The molecule has 0 aromatic rings. The van der Waals surface area contributed by atoms with Crippen molar-refractivity contribution in [2.75, 3.05) is 26.9 Å². The van der Waals surface area contributed by atoms with Crippen molar-refractivity contribution < 1.29 is 49.2 Å². The molecule has 0 aliphatic heterocycles. The quantitative estimate of drug-likeness (QED) is 0.119. The third kappa shape index (κ3) is 30.9. The fourth-order valence-corrected chi connectivity index (χ4v) is 18.7. The maximum absolute atomic E-state index is 9.14. The van der Waals surface area contributed by atoms with E-state index in [9.17, 15) is 0 Å². The van der Waals surface area contributed by atoms with Crippen LogP contribution in [0.4, 0.5) is 0 Å². The van der Waals surface area contributed by atoms with Crippen LogP contribution in [0.1, 0.15) is 82.6 Å². The zero-order chi connectivity index (χ0) is 37.8. The van der Waals surface area contributed by atoms with Crippen LogP contribution in [0.15, 0.2) is 0 Å². The van der Waals surface area contributed by atoms with E-state index in [1.165, 1.54) is 0 Å². The Morgan fingerprint density at radius 1 is 0.543 bits per heavy atom. The molecule has 0 bridgehead atoms. The average molecular weight is 771 g/mol. The van der Waals surface area contributed by atoms with Gasteiger partial charge in [0.05, 0.1) is 0 Å². The van der Waals surface area contributed by atoms with Gasteiger partial charge in [0, 0.05) is 45.7 Å². The first-order valence-corrected chi connectivity index (χ1v) is 32.3. The van der Waals surface area contributed by atoms with Gasteiger partial charge in [0.2, 0.25) is 0 Å². The number of rotatable bonds is 18. The molecule has 0 rings (SSSR count). The van der Waals surface area contributed by atoms with Crippen molar-refractivity contribution in [1.82, 2.24) is 0 Å². The minimum atomic E-state index is -3.19. The van der Waals surface area contributed by atoms with Crippen molar-refractivity contribution >= 4 is 51.6 Å². The molecule has 3 N–H and O–H groups in total. The Hall–Kier alpha value is 0.861. The van der Waals surface area contributed by atoms with Crippen molar-refractivity contribution in [3.8, 4) is 0 Å². The molecular weight excluding hydrogens is 693 g/mol. The van der Waals surface area contributed by atoms with Crippen molar-refractivity contribution in [2.45, 2.75) is 165 Å². The molecule has 0 aromatic heterocycles. The van der Waals surface area contributed by atoms with E-state index >= 15 is 0 Å². The molecule has 0 radical (unpaired) electrons. The van der Waals surface area contributed by atoms with E-state index in [-0.39, 0.29) is 12.2 Å². The molecule has 284 valence electrons. The van der Waals surface area contributed by atoms with Crippen LogP contribution in [-0.4, -0.2) is 105 Å². The van der Waals surface area contributed by atoms with Gasteiger partial charge in [-0.15, -0.1) is 0 Å². The van der Waals surface area contributed by atoms with Crippen LogP contribution >= 0.6 is 0 Å². The van der Waals surface area contributed by atoms with E-state index in [1.54, 1.807) is 33.3 Å². The second-order valence-corrected chi connectivity index (χ2v) is 35.3. The molecule has 11 nitrogen and oxygen atoms in total. The average Bonchev–Trinajstić information content (AvgIpc) is 2.81. The highest BCUT2D eigenvalue weighted by molar-refractivity contribution is 6.85. The number of hydrogen-bond donors (Lipinski definition) is 3. The molecular formula is C29H78O11Si6. The van der Waals surface area contributed by atoms with Crippen LogP contribution < -0.4 is 0 Å². The van der Waals surface area contributed by atoms with E-state index in [0.29, 0.717) is 30.9 Å². The molecule has 0 aliphatic carbocycles. The van der Waals surface area contributed by atoms with Gasteiger partial charge in [-0.2, -0.15) is 0 Å². The summed E-state index contributed by atoms with van der Waals surface area (Å²) < 4.78 is 46.6. The van der Waals surface area contributed by atoms with Gasteiger partial charge in [-0.25, -0.2) is 0 Å². The van der Waals surface area contributed by atoms with Crippen molar-refractivity contribution in [3.63, 3.8) is 0 Å². The lowest BCUT2D eigenvalue weighted by atomic mass is 10.5. The van der Waals surface area contributed by atoms with Crippen molar-refractivity contribution in [1.29, 1.82) is 0 Å². The number of aliphatic hydroxyl groups is 1. The highest BCUT2D eigenvalue weighted by Gasteiger charge is 2.55. The van der Waals surface area contributed by atoms with Crippen molar-refractivity contribution in [2.24, 2.45) is 0 Å². The van der Waals surface area contributed by atoms with Crippen LogP contribution in [-0.2, 0) is 34.5 Å². The second kappa shape index (κ2) is 24.9. The molecule has 0 aromatic carbocycles.